The van der Waals surface area contributed by atoms with Crippen molar-refractivity contribution < 1.29 is 5.11 Å². The van der Waals surface area contributed by atoms with Crippen LogP contribution in [-0.4, -0.2) is 18.3 Å². The minimum absolute atomic E-state index is 0.164. The number of aliphatic hydroxyl groups is 1. The van der Waals surface area contributed by atoms with Crippen LogP contribution in [0.3, 0.4) is 0 Å². The third-order valence-electron chi connectivity index (χ3n) is 1.61. The molecule has 0 amide bonds. The maximum Gasteiger partial charge on any atom is 0.0556 e. The summed E-state index contributed by atoms with van der Waals surface area (Å²) in [5, 5.41) is 12.4. The molecule has 0 heterocycles. The monoisotopic (exact) mass is 311 g/mol. The summed E-state index contributed by atoms with van der Waals surface area (Å²) < 4.78 is 1.19. The van der Waals surface area contributed by atoms with Crippen LogP contribution in [0.1, 0.15) is 5.56 Å². The predicted octanol–water partition coefficient (Wildman–Crippen LogP) is 2.03. The van der Waals surface area contributed by atoms with Gasteiger partial charge in [-0.1, -0.05) is 11.6 Å². The number of rotatable bonds is 4. The van der Waals surface area contributed by atoms with Crippen molar-refractivity contribution in [1.29, 1.82) is 0 Å². The fourth-order valence-electron chi connectivity index (χ4n) is 0.981. The molecular weight excluding hydrogens is 300 g/mol. The molecule has 0 aliphatic carbocycles. The molecule has 0 saturated heterocycles. The van der Waals surface area contributed by atoms with E-state index >= 15 is 0 Å². The maximum atomic E-state index is 8.58. The van der Waals surface area contributed by atoms with E-state index < -0.39 is 0 Å². The first-order valence-electron chi connectivity index (χ1n) is 3.99. The van der Waals surface area contributed by atoms with Gasteiger partial charge in [0.1, 0.15) is 0 Å². The molecule has 0 aromatic heterocycles. The van der Waals surface area contributed by atoms with Gasteiger partial charge in [-0.15, -0.1) is 0 Å². The number of hydrogen-bond donors (Lipinski definition) is 2. The third kappa shape index (κ3) is 3.81. The quantitative estimate of drug-likeness (QED) is 0.659. The van der Waals surface area contributed by atoms with E-state index in [0.29, 0.717) is 6.54 Å². The molecule has 0 fully saturated rings. The highest BCUT2D eigenvalue weighted by Crippen LogP contribution is 2.17. The smallest absolute Gasteiger partial charge is 0.0556 e. The van der Waals surface area contributed by atoms with E-state index in [9.17, 15) is 0 Å². The normalized spacial score (nSPS) is 10.4. The molecule has 13 heavy (non-hydrogen) atoms. The van der Waals surface area contributed by atoms with Crippen LogP contribution in [0.4, 0.5) is 0 Å². The molecule has 0 saturated carbocycles. The van der Waals surface area contributed by atoms with Crippen molar-refractivity contribution in [2.24, 2.45) is 0 Å². The number of halogens is 2. The Morgan fingerprint density at radius 2 is 2.23 bits per heavy atom. The molecule has 0 spiro atoms. The first-order valence-corrected chi connectivity index (χ1v) is 5.45. The summed E-state index contributed by atoms with van der Waals surface area (Å²) in [5.74, 6) is 0. The van der Waals surface area contributed by atoms with Gasteiger partial charge in [-0.05, 0) is 46.4 Å². The number of nitrogens with one attached hydrogen (secondary N) is 1. The van der Waals surface area contributed by atoms with E-state index in [1.165, 1.54) is 9.13 Å². The fraction of sp³-hybridized carbons (Fsp3) is 0.333. The minimum atomic E-state index is 0.164. The second-order valence-electron chi connectivity index (χ2n) is 2.64. The molecule has 0 aliphatic rings. The molecule has 1 rings (SSSR count). The zero-order chi connectivity index (χ0) is 9.68. The molecule has 72 valence electrons. The summed E-state index contributed by atoms with van der Waals surface area (Å²) in [7, 11) is 0. The van der Waals surface area contributed by atoms with Gasteiger partial charge < -0.3 is 10.4 Å². The van der Waals surface area contributed by atoms with Gasteiger partial charge >= 0.3 is 0 Å². The van der Waals surface area contributed by atoms with Crippen LogP contribution in [-0.2, 0) is 6.54 Å². The van der Waals surface area contributed by atoms with E-state index in [2.05, 4.69) is 27.9 Å². The van der Waals surface area contributed by atoms with Gasteiger partial charge in [-0.2, -0.15) is 0 Å². The van der Waals surface area contributed by atoms with Crippen molar-refractivity contribution in [3.8, 4) is 0 Å². The Balaban J connectivity index is 2.59. The summed E-state index contributed by atoms with van der Waals surface area (Å²) in [6, 6.07) is 5.80. The molecular formula is C9H11ClINO. The summed E-state index contributed by atoms with van der Waals surface area (Å²) in [4.78, 5) is 0. The van der Waals surface area contributed by atoms with Crippen molar-refractivity contribution in [2.75, 3.05) is 13.2 Å². The largest absolute Gasteiger partial charge is 0.395 e. The van der Waals surface area contributed by atoms with Gasteiger partial charge in [0, 0.05) is 21.7 Å². The molecule has 2 N–H and O–H groups in total. The lowest BCUT2D eigenvalue weighted by molar-refractivity contribution is 0.292. The Hall–Kier alpha value is 0.160. The van der Waals surface area contributed by atoms with Crippen LogP contribution in [0.25, 0.3) is 0 Å². The summed E-state index contributed by atoms with van der Waals surface area (Å²) >= 11 is 8.12. The highest BCUT2D eigenvalue weighted by Gasteiger charge is 1.99. The first kappa shape index (κ1) is 11.2. The summed E-state index contributed by atoms with van der Waals surface area (Å²) in [6.45, 7) is 1.53. The SMILES string of the molecule is OCCNCc1cc(Cl)ccc1I. The van der Waals surface area contributed by atoms with Gasteiger partial charge in [-0.25, -0.2) is 0 Å². The standard InChI is InChI=1S/C9H11ClINO/c10-8-1-2-9(11)7(5-8)6-12-3-4-13/h1-2,5,12-13H,3-4,6H2. The predicted molar refractivity (Wildman–Crippen MR) is 63.0 cm³/mol. The van der Waals surface area contributed by atoms with Crippen molar-refractivity contribution >= 4 is 34.2 Å². The third-order valence-corrected chi connectivity index (χ3v) is 2.90. The van der Waals surface area contributed by atoms with Crippen molar-refractivity contribution in [2.45, 2.75) is 6.54 Å². The van der Waals surface area contributed by atoms with Gasteiger partial charge in [0.15, 0.2) is 0 Å². The van der Waals surface area contributed by atoms with E-state index in [1.807, 2.05) is 18.2 Å². The topological polar surface area (TPSA) is 32.3 Å². The van der Waals surface area contributed by atoms with Crippen molar-refractivity contribution in [3.05, 3.63) is 32.4 Å². The van der Waals surface area contributed by atoms with E-state index in [1.54, 1.807) is 0 Å². The lowest BCUT2D eigenvalue weighted by Crippen LogP contribution is -2.18. The van der Waals surface area contributed by atoms with Gasteiger partial charge in [0.2, 0.25) is 0 Å². The zero-order valence-electron chi connectivity index (χ0n) is 7.06. The molecule has 4 heteroatoms. The molecule has 1 aromatic carbocycles. The second-order valence-corrected chi connectivity index (χ2v) is 4.23. The van der Waals surface area contributed by atoms with E-state index in [4.69, 9.17) is 16.7 Å². The van der Waals surface area contributed by atoms with Gasteiger partial charge in [0.05, 0.1) is 6.61 Å². The zero-order valence-corrected chi connectivity index (χ0v) is 9.97. The van der Waals surface area contributed by atoms with Gasteiger partial charge in [0.25, 0.3) is 0 Å². The Labute approximate surface area is 96.4 Å². The highest BCUT2D eigenvalue weighted by molar-refractivity contribution is 14.1. The van der Waals surface area contributed by atoms with Crippen LogP contribution >= 0.6 is 34.2 Å². The number of hydrogen-bond acceptors (Lipinski definition) is 2. The second kappa shape index (κ2) is 5.80. The van der Waals surface area contributed by atoms with Crippen molar-refractivity contribution in [1.82, 2.24) is 5.32 Å². The average molecular weight is 312 g/mol. The first-order chi connectivity index (χ1) is 6.24. The van der Waals surface area contributed by atoms with Crippen LogP contribution in [0.15, 0.2) is 18.2 Å². The maximum absolute atomic E-state index is 8.58. The number of benzene rings is 1. The molecule has 0 radical (unpaired) electrons. The van der Waals surface area contributed by atoms with Crippen molar-refractivity contribution in [3.63, 3.8) is 0 Å². The Morgan fingerprint density at radius 1 is 1.46 bits per heavy atom. The van der Waals surface area contributed by atoms with Crippen LogP contribution in [0.2, 0.25) is 5.02 Å². The molecule has 0 atom stereocenters. The molecule has 0 bridgehead atoms. The van der Waals surface area contributed by atoms with Crippen LogP contribution in [0.5, 0.6) is 0 Å². The lowest BCUT2D eigenvalue weighted by atomic mass is 10.2. The molecule has 0 unspecified atom stereocenters. The van der Waals surface area contributed by atoms with Crippen LogP contribution < -0.4 is 5.32 Å². The van der Waals surface area contributed by atoms with Crippen LogP contribution in [0, 0.1) is 3.57 Å². The Kier molecular flexibility index (Phi) is 5.01. The summed E-state index contributed by atoms with van der Waals surface area (Å²) in [5.41, 5.74) is 1.17. The minimum Gasteiger partial charge on any atom is -0.395 e. The highest BCUT2D eigenvalue weighted by atomic mass is 127. The summed E-state index contributed by atoms with van der Waals surface area (Å²) in [6.07, 6.45) is 0. The van der Waals surface area contributed by atoms with E-state index in [-0.39, 0.29) is 6.61 Å². The average Bonchev–Trinajstić information content (AvgIpc) is 2.11. The molecule has 1 aromatic rings. The Morgan fingerprint density at radius 3 is 2.92 bits per heavy atom. The van der Waals surface area contributed by atoms with Gasteiger partial charge in [-0.3, -0.25) is 0 Å². The lowest BCUT2D eigenvalue weighted by Gasteiger charge is -2.05. The molecule has 0 aliphatic heterocycles. The van der Waals surface area contributed by atoms with E-state index in [0.717, 1.165) is 11.6 Å². The number of aliphatic hydroxyl groups excluding tert-OH is 1. The molecule has 2 nitrogen and oxygen atoms in total. The Bertz CT molecular complexity index is 280. The fourth-order valence-corrected chi connectivity index (χ4v) is 1.70.